The number of aliphatic carboxylic acids is 1. The summed E-state index contributed by atoms with van der Waals surface area (Å²) in [5, 5.41) is 12.9. The predicted octanol–water partition coefficient (Wildman–Crippen LogP) is 5.70. The van der Waals surface area contributed by atoms with Gasteiger partial charge in [-0.25, -0.2) is 28.7 Å². The number of hydrogen-bond donors (Lipinski definition) is 2. The number of aromatic nitrogens is 5. The number of piperidine rings is 1. The molecular weight excluding hydrogens is 516 g/mol. The number of nitrogens with one attached hydrogen (secondary N) is 1. The number of carbonyl (C=O) groups is 1. The normalized spacial score (nSPS) is 15.6. The maximum atomic E-state index is 15.0. The Morgan fingerprint density at radius 1 is 1.10 bits per heavy atom. The van der Waals surface area contributed by atoms with Crippen LogP contribution in [0.3, 0.4) is 0 Å². The van der Waals surface area contributed by atoms with E-state index in [1.54, 1.807) is 31.3 Å². The van der Waals surface area contributed by atoms with Gasteiger partial charge in [0.05, 0.1) is 17.6 Å². The molecule has 1 aliphatic heterocycles. The summed E-state index contributed by atoms with van der Waals surface area (Å²) in [6.07, 6.45) is 4.22. The van der Waals surface area contributed by atoms with Crippen LogP contribution in [0.5, 0.6) is 0 Å². The minimum atomic E-state index is -0.859. The van der Waals surface area contributed by atoms with Crippen LogP contribution in [0.15, 0.2) is 36.7 Å². The largest absolute Gasteiger partial charge is 0.481 e. The fourth-order valence-corrected chi connectivity index (χ4v) is 5.68. The van der Waals surface area contributed by atoms with Crippen LogP contribution in [0.25, 0.3) is 22.3 Å². The molecule has 2 N–H and O–H groups in total. The number of pyridine rings is 1. The van der Waals surface area contributed by atoms with Crippen LogP contribution in [0.1, 0.15) is 57.0 Å². The molecule has 4 aromatic rings. The zero-order valence-corrected chi connectivity index (χ0v) is 23.0. The van der Waals surface area contributed by atoms with Crippen LogP contribution in [0.4, 0.5) is 20.5 Å². The molecule has 5 rings (SSSR count). The molecule has 0 bridgehead atoms. The smallest absolute Gasteiger partial charge is 0.311 e. The van der Waals surface area contributed by atoms with Gasteiger partial charge in [-0.3, -0.25) is 4.79 Å². The van der Waals surface area contributed by atoms with Gasteiger partial charge in [0.15, 0.2) is 11.6 Å². The first-order valence-corrected chi connectivity index (χ1v) is 13.5. The van der Waals surface area contributed by atoms with E-state index in [-0.39, 0.29) is 34.7 Å². The molecule has 0 radical (unpaired) electrons. The van der Waals surface area contributed by atoms with Gasteiger partial charge in [-0.05, 0) is 82.9 Å². The van der Waals surface area contributed by atoms with E-state index in [9.17, 15) is 18.7 Å². The van der Waals surface area contributed by atoms with Crippen molar-refractivity contribution in [3.8, 4) is 11.3 Å². The van der Waals surface area contributed by atoms with Crippen LogP contribution in [-0.2, 0) is 4.79 Å². The third-order valence-corrected chi connectivity index (χ3v) is 7.66. The van der Waals surface area contributed by atoms with Crippen molar-refractivity contribution in [1.82, 2.24) is 29.4 Å². The van der Waals surface area contributed by atoms with E-state index in [0.29, 0.717) is 22.7 Å². The molecule has 1 aromatic carbocycles. The zero-order valence-electron chi connectivity index (χ0n) is 23.0. The summed E-state index contributed by atoms with van der Waals surface area (Å²) >= 11 is 0. The number of rotatable bonds is 8. The third-order valence-electron chi connectivity index (χ3n) is 7.66. The molecule has 40 heavy (non-hydrogen) atoms. The molecule has 1 fully saturated rings. The number of halogens is 2. The van der Waals surface area contributed by atoms with E-state index in [4.69, 9.17) is 0 Å². The monoisotopic (exact) mass is 549 g/mol. The van der Waals surface area contributed by atoms with Crippen LogP contribution < -0.4 is 5.32 Å². The molecule has 1 aliphatic rings. The molecule has 1 unspecified atom stereocenters. The van der Waals surface area contributed by atoms with Gasteiger partial charge in [-0.2, -0.15) is 0 Å². The Hall–Kier alpha value is -3.99. The summed E-state index contributed by atoms with van der Waals surface area (Å²) in [5.41, 5.74) is 1.61. The van der Waals surface area contributed by atoms with Crippen LogP contribution in [0.2, 0.25) is 0 Å². The van der Waals surface area contributed by atoms with Crippen molar-refractivity contribution < 1.29 is 18.7 Å². The number of likely N-dealkylation sites (tertiary alicyclic amines) is 1. The number of fused-ring (bicyclic) bond motifs is 1. The second kappa shape index (κ2) is 11.2. The lowest BCUT2D eigenvalue weighted by atomic mass is 9.80. The Morgan fingerprint density at radius 3 is 2.48 bits per heavy atom. The van der Waals surface area contributed by atoms with Gasteiger partial charge in [-0.1, -0.05) is 13.0 Å². The summed E-state index contributed by atoms with van der Waals surface area (Å²) in [5.74, 6) is -1.60. The highest BCUT2D eigenvalue weighted by atomic mass is 19.1. The van der Waals surface area contributed by atoms with Gasteiger partial charge in [0, 0.05) is 17.8 Å². The number of anilines is 2. The number of carboxylic acid groups (broad SMARTS) is 1. The molecule has 11 heteroatoms. The summed E-state index contributed by atoms with van der Waals surface area (Å²) in [6, 6.07) is 6.33. The highest BCUT2D eigenvalue weighted by Gasteiger charge is 2.32. The summed E-state index contributed by atoms with van der Waals surface area (Å²) in [4.78, 5) is 31.5. The Balaban J connectivity index is 1.39. The molecule has 0 aliphatic carbocycles. The van der Waals surface area contributed by atoms with E-state index in [2.05, 4.69) is 37.1 Å². The lowest BCUT2D eigenvalue weighted by Crippen LogP contribution is -2.37. The van der Waals surface area contributed by atoms with Crippen molar-refractivity contribution in [2.24, 2.45) is 5.92 Å². The quantitative estimate of drug-likeness (QED) is 0.288. The molecule has 1 atom stereocenters. The van der Waals surface area contributed by atoms with Crippen molar-refractivity contribution in [2.75, 3.05) is 25.0 Å². The van der Waals surface area contributed by atoms with Gasteiger partial charge < -0.3 is 19.9 Å². The summed E-state index contributed by atoms with van der Waals surface area (Å²) in [7, 11) is 0. The predicted molar refractivity (Wildman–Crippen MR) is 149 cm³/mol. The van der Waals surface area contributed by atoms with Crippen LogP contribution >= 0.6 is 0 Å². The number of benzene rings is 1. The Bertz CT molecular complexity index is 1530. The maximum Gasteiger partial charge on any atom is 0.311 e. The molecule has 3 aromatic heterocycles. The Kier molecular flexibility index (Phi) is 7.75. The molecule has 0 spiro atoms. The van der Waals surface area contributed by atoms with E-state index < -0.39 is 23.5 Å². The SMILES string of the molecule is CCN1CCC(C(C(=O)O)c2ccc(Nc3ncc(F)c(-c4cc(F)c5nc(C)n(C(C)C)c5c4)n3)nc2)CC1. The van der Waals surface area contributed by atoms with Crippen LogP contribution in [-0.4, -0.2) is 60.1 Å². The average molecular weight is 550 g/mol. The minimum absolute atomic E-state index is 0.0334. The first-order chi connectivity index (χ1) is 19.2. The van der Waals surface area contributed by atoms with Gasteiger partial charge >= 0.3 is 5.97 Å². The van der Waals surface area contributed by atoms with Crippen molar-refractivity contribution in [3.63, 3.8) is 0 Å². The first-order valence-electron chi connectivity index (χ1n) is 13.5. The second-order valence-corrected chi connectivity index (χ2v) is 10.5. The van der Waals surface area contributed by atoms with Crippen molar-refractivity contribution in [3.05, 3.63) is 59.7 Å². The number of carboxylic acids is 1. The molecule has 0 amide bonds. The lowest BCUT2D eigenvalue weighted by Gasteiger charge is -2.34. The van der Waals surface area contributed by atoms with Gasteiger partial charge in [0.2, 0.25) is 5.95 Å². The molecular formula is C29H33F2N7O2. The molecule has 0 saturated carbocycles. The Morgan fingerprint density at radius 2 is 1.85 bits per heavy atom. The van der Waals surface area contributed by atoms with Crippen molar-refractivity contribution >= 4 is 28.8 Å². The third kappa shape index (κ3) is 5.38. The van der Waals surface area contributed by atoms with Crippen molar-refractivity contribution in [2.45, 2.75) is 52.5 Å². The lowest BCUT2D eigenvalue weighted by molar-refractivity contribution is -0.140. The standard InChI is InChI=1S/C29H33F2N7O2/c1-5-37-10-8-18(9-11-37)25(28(39)40)19-6-7-24(32-14-19)35-29-33-15-22(31)26(36-29)20-12-21(30)27-23(13-20)38(16(2)3)17(4)34-27/h6-7,12-16,18,25H,5,8-11H2,1-4H3,(H,39,40)(H,32,33,35,36). The number of aryl methyl sites for hydroxylation is 1. The maximum absolute atomic E-state index is 15.0. The number of imidazole rings is 1. The van der Waals surface area contributed by atoms with Gasteiger partial charge in [0.1, 0.15) is 22.9 Å². The first kappa shape index (κ1) is 27.6. The topological polar surface area (TPSA) is 109 Å². The average Bonchev–Trinajstić information content (AvgIpc) is 3.27. The summed E-state index contributed by atoms with van der Waals surface area (Å²) in [6.45, 7) is 10.6. The fourth-order valence-electron chi connectivity index (χ4n) is 5.68. The second-order valence-electron chi connectivity index (χ2n) is 10.5. The fraction of sp³-hybridized carbons (Fsp3) is 0.414. The summed E-state index contributed by atoms with van der Waals surface area (Å²) < 4.78 is 31.7. The van der Waals surface area contributed by atoms with Crippen LogP contribution in [0, 0.1) is 24.5 Å². The van der Waals surface area contributed by atoms with E-state index in [1.165, 1.54) is 6.07 Å². The van der Waals surface area contributed by atoms with E-state index >= 15 is 0 Å². The number of nitrogens with zero attached hydrogens (tertiary/aromatic N) is 6. The highest BCUT2D eigenvalue weighted by Crippen LogP contribution is 2.34. The number of hydrogen-bond acceptors (Lipinski definition) is 7. The Labute approximate surface area is 231 Å². The molecule has 210 valence electrons. The molecule has 4 heterocycles. The molecule has 9 nitrogen and oxygen atoms in total. The van der Waals surface area contributed by atoms with Crippen molar-refractivity contribution in [1.29, 1.82) is 0 Å². The minimum Gasteiger partial charge on any atom is -0.481 e. The van der Waals surface area contributed by atoms with Gasteiger partial charge in [0.25, 0.3) is 0 Å². The molecule has 1 saturated heterocycles. The highest BCUT2D eigenvalue weighted by molar-refractivity contribution is 5.83. The van der Waals surface area contributed by atoms with E-state index in [1.807, 2.05) is 18.4 Å². The van der Waals surface area contributed by atoms with E-state index in [0.717, 1.165) is 38.7 Å². The van der Waals surface area contributed by atoms with Gasteiger partial charge in [-0.15, -0.1) is 0 Å². The zero-order chi connectivity index (χ0) is 28.6.